The van der Waals surface area contributed by atoms with Crippen molar-refractivity contribution in [3.8, 4) is 11.5 Å². The quantitative estimate of drug-likeness (QED) is 0.340. The van der Waals surface area contributed by atoms with Gasteiger partial charge in [-0.3, -0.25) is 4.99 Å². The zero-order valence-electron chi connectivity index (χ0n) is 17.8. The lowest BCUT2D eigenvalue weighted by Crippen LogP contribution is -2.41. The lowest BCUT2D eigenvalue weighted by atomic mass is 10.2. The molecule has 0 bridgehead atoms. The number of hydrogen-bond acceptors (Lipinski definition) is 6. The molecule has 1 aliphatic heterocycles. The number of guanidine groups is 1. The minimum absolute atomic E-state index is 0. The molecule has 1 aromatic carbocycles. The molecule has 1 saturated heterocycles. The fraction of sp³-hybridized carbons (Fsp3) is 0.429. The lowest BCUT2D eigenvalue weighted by Gasteiger charge is -2.32. The molecular weight excluding hydrogens is 497 g/mol. The number of nitrogens with zero attached hydrogens (tertiary/aromatic N) is 3. The molecule has 1 aliphatic rings. The third-order valence-electron chi connectivity index (χ3n) is 4.70. The highest BCUT2D eigenvalue weighted by Gasteiger charge is 2.17. The summed E-state index contributed by atoms with van der Waals surface area (Å²) in [5.41, 5.74) is 1.93. The molecular formula is C21H30IN5O3. The Labute approximate surface area is 195 Å². The van der Waals surface area contributed by atoms with E-state index in [1.54, 1.807) is 21.3 Å². The van der Waals surface area contributed by atoms with Crippen molar-refractivity contribution >= 4 is 41.4 Å². The van der Waals surface area contributed by atoms with E-state index in [1.807, 2.05) is 24.4 Å². The van der Waals surface area contributed by atoms with E-state index in [9.17, 15) is 0 Å². The number of aliphatic imine (C=N–C) groups is 1. The molecule has 2 aromatic rings. The Bertz CT molecular complexity index is 832. The standard InChI is InChI=1S/C21H29N5O3.HI/c1-15-14-26(9-10-29-15)20-8-5-16(12-23-20)13-24-21(22-2)25-17-6-7-18(27-3)19(11-17)28-4;/h5-8,11-12,15H,9-10,13-14H2,1-4H3,(H2,22,24,25);1H. The van der Waals surface area contributed by atoms with Crippen LogP contribution in [0.25, 0.3) is 0 Å². The maximum Gasteiger partial charge on any atom is 0.195 e. The van der Waals surface area contributed by atoms with Crippen molar-refractivity contribution in [1.29, 1.82) is 0 Å². The average Bonchev–Trinajstić information content (AvgIpc) is 2.76. The van der Waals surface area contributed by atoms with Crippen molar-refractivity contribution in [1.82, 2.24) is 10.3 Å². The summed E-state index contributed by atoms with van der Waals surface area (Å²) in [6.07, 6.45) is 2.13. The van der Waals surface area contributed by atoms with Gasteiger partial charge in [-0.25, -0.2) is 4.98 Å². The molecule has 0 amide bonds. The van der Waals surface area contributed by atoms with Crippen LogP contribution in [0.2, 0.25) is 0 Å². The monoisotopic (exact) mass is 527 g/mol. The normalized spacial score (nSPS) is 16.5. The Kier molecular flexibility index (Phi) is 9.44. The van der Waals surface area contributed by atoms with Gasteiger partial charge < -0.3 is 29.7 Å². The Morgan fingerprint density at radius 1 is 1.23 bits per heavy atom. The van der Waals surface area contributed by atoms with Gasteiger partial charge in [0, 0.05) is 44.6 Å². The molecule has 1 unspecified atom stereocenters. The Morgan fingerprint density at radius 3 is 2.67 bits per heavy atom. The molecule has 0 aliphatic carbocycles. The van der Waals surface area contributed by atoms with Gasteiger partial charge >= 0.3 is 0 Å². The lowest BCUT2D eigenvalue weighted by molar-refractivity contribution is 0.0529. The molecule has 0 saturated carbocycles. The molecule has 8 nitrogen and oxygen atoms in total. The molecule has 0 radical (unpaired) electrons. The summed E-state index contributed by atoms with van der Waals surface area (Å²) < 4.78 is 16.2. The van der Waals surface area contributed by atoms with Gasteiger partial charge in [-0.05, 0) is 30.7 Å². The Morgan fingerprint density at radius 2 is 2.03 bits per heavy atom. The van der Waals surface area contributed by atoms with Crippen LogP contribution in [0.15, 0.2) is 41.5 Å². The molecule has 2 N–H and O–H groups in total. The number of benzene rings is 1. The molecule has 0 spiro atoms. The highest BCUT2D eigenvalue weighted by atomic mass is 127. The number of hydrogen-bond donors (Lipinski definition) is 2. The zero-order valence-corrected chi connectivity index (χ0v) is 20.2. The molecule has 1 aromatic heterocycles. The first-order valence-electron chi connectivity index (χ1n) is 9.64. The number of morpholine rings is 1. The topological polar surface area (TPSA) is 80.2 Å². The molecule has 3 rings (SSSR count). The van der Waals surface area contributed by atoms with E-state index in [0.29, 0.717) is 24.0 Å². The zero-order chi connectivity index (χ0) is 20.6. The average molecular weight is 527 g/mol. The van der Waals surface area contributed by atoms with Gasteiger partial charge in [-0.15, -0.1) is 24.0 Å². The predicted octanol–water partition coefficient (Wildman–Crippen LogP) is 3.13. The van der Waals surface area contributed by atoms with E-state index in [-0.39, 0.29) is 30.1 Å². The maximum atomic E-state index is 5.59. The number of halogens is 1. The number of pyridine rings is 1. The van der Waals surface area contributed by atoms with Gasteiger partial charge in [0.15, 0.2) is 17.5 Å². The van der Waals surface area contributed by atoms with E-state index < -0.39 is 0 Å². The highest BCUT2D eigenvalue weighted by Crippen LogP contribution is 2.29. The summed E-state index contributed by atoms with van der Waals surface area (Å²) in [5, 5.41) is 6.55. The molecule has 1 fully saturated rings. The first-order valence-corrected chi connectivity index (χ1v) is 9.64. The third-order valence-corrected chi connectivity index (χ3v) is 4.70. The number of nitrogens with one attached hydrogen (secondary N) is 2. The SMILES string of the molecule is CN=C(NCc1ccc(N2CCOC(C)C2)nc1)Nc1ccc(OC)c(OC)c1.I. The van der Waals surface area contributed by atoms with Crippen LogP contribution < -0.4 is 25.0 Å². The van der Waals surface area contributed by atoms with Crippen LogP contribution in [0.1, 0.15) is 12.5 Å². The van der Waals surface area contributed by atoms with Crippen LogP contribution in [0, 0.1) is 0 Å². The van der Waals surface area contributed by atoms with Gasteiger partial charge in [0.05, 0.1) is 26.9 Å². The van der Waals surface area contributed by atoms with Crippen molar-refractivity contribution in [2.45, 2.75) is 19.6 Å². The van der Waals surface area contributed by atoms with E-state index in [2.05, 4.69) is 44.6 Å². The second kappa shape index (κ2) is 11.8. The van der Waals surface area contributed by atoms with Gasteiger partial charge in [0.25, 0.3) is 0 Å². The summed E-state index contributed by atoms with van der Waals surface area (Å²) in [7, 11) is 4.96. The predicted molar refractivity (Wildman–Crippen MR) is 131 cm³/mol. The van der Waals surface area contributed by atoms with E-state index in [0.717, 1.165) is 36.8 Å². The first-order chi connectivity index (χ1) is 14.1. The summed E-state index contributed by atoms with van der Waals surface area (Å²) in [5.74, 6) is 2.98. The maximum absolute atomic E-state index is 5.59. The van der Waals surface area contributed by atoms with E-state index in [1.165, 1.54) is 0 Å². The fourth-order valence-corrected chi connectivity index (χ4v) is 3.15. The van der Waals surface area contributed by atoms with Gasteiger partial charge in [-0.1, -0.05) is 6.07 Å². The summed E-state index contributed by atoms with van der Waals surface area (Å²) >= 11 is 0. The first kappa shape index (κ1) is 24.0. The fourth-order valence-electron chi connectivity index (χ4n) is 3.15. The minimum Gasteiger partial charge on any atom is -0.493 e. The molecule has 9 heteroatoms. The molecule has 30 heavy (non-hydrogen) atoms. The third kappa shape index (κ3) is 6.36. The smallest absolute Gasteiger partial charge is 0.195 e. The Balaban J connectivity index is 0.00000320. The van der Waals surface area contributed by atoms with Crippen LogP contribution in [-0.2, 0) is 11.3 Å². The van der Waals surface area contributed by atoms with Crippen LogP contribution in [0.5, 0.6) is 11.5 Å². The van der Waals surface area contributed by atoms with Crippen LogP contribution in [-0.4, -0.2) is 58.0 Å². The minimum atomic E-state index is 0. The van der Waals surface area contributed by atoms with Crippen molar-refractivity contribution in [2.24, 2.45) is 4.99 Å². The van der Waals surface area contributed by atoms with Gasteiger partial charge in [0.1, 0.15) is 5.82 Å². The van der Waals surface area contributed by atoms with Crippen molar-refractivity contribution in [3.63, 3.8) is 0 Å². The van der Waals surface area contributed by atoms with Crippen molar-refractivity contribution in [2.75, 3.05) is 51.2 Å². The molecule has 1 atom stereocenters. The van der Waals surface area contributed by atoms with Crippen molar-refractivity contribution < 1.29 is 14.2 Å². The molecule has 2 heterocycles. The van der Waals surface area contributed by atoms with Crippen molar-refractivity contribution in [3.05, 3.63) is 42.1 Å². The van der Waals surface area contributed by atoms with E-state index in [4.69, 9.17) is 14.2 Å². The number of aromatic nitrogens is 1. The number of methoxy groups -OCH3 is 2. The second-order valence-electron chi connectivity index (χ2n) is 6.77. The largest absolute Gasteiger partial charge is 0.493 e. The van der Waals surface area contributed by atoms with Crippen LogP contribution in [0.3, 0.4) is 0 Å². The summed E-state index contributed by atoms with van der Waals surface area (Å²) in [6.45, 7) is 5.18. The number of rotatable bonds is 6. The summed E-state index contributed by atoms with van der Waals surface area (Å²) in [6, 6.07) is 9.77. The highest BCUT2D eigenvalue weighted by molar-refractivity contribution is 14.0. The van der Waals surface area contributed by atoms with Crippen LogP contribution >= 0.6 is 24.0 Å². The second-order valence-corrected chi connectivity index (χ2v) is 6.77. The number of anilines is 2. The van der Waals surface area contributed by atoms with Gasteiger partial charge in [-0.2, -0.15) is 0 Å². The number of ether oxygens (including phenoxy) is 3. The van der Waals surface area contributed by atoms with E-state index >= 15 is 0 Å². The van der Waals surface area contributed by atoms with Crippen LogP contribution in [0.4, 0.5) is 11.5 Å². The molecule has 164 valence electrons. The summed E-state index contributed by atoms with van der Waals surface area (Å²) in [4.78, 5) is 11.1. The Hall–Kier alpha value is -2.27. The van der Waals surface area contributed by atoms with Gasteiger partial charge in [0.2, 0.25) is 0 Å².